The zero-order chi connectivity index (χ0) is 20.0. The Kier molecular flexibility index (Phi) is 2.94. The lowest BCUT2D eigenvalue weighted by Crippen LogP contribution is -2.16. The van der Waals surface area contributed by atoms with E-state index in [1.54, 1.807) is 4.72 Å². The maximum atomic E-state index is 13.8. The summed E-state index contributed by atoms with van der Waals surface area (Å²) in [5, 5.41) is 2.33. The molecule has 0 fully saturated rings. The number of aromatic nitrogens is 4. The molecule has 0 atom stereocenters. The summed E-state index contributed by atoms with van der Waals surface area (Å²) in [5.41, 5.74) is -1.72. The SMILES string of the molecule is [2H][13C]([2H])([2H])Oc1ncc(F)c2nc(S(=O)(=O)Nc3c(F)cccc3F)nn12. The van der Waals surface area contributed by atoms with E-state index in [-0.39, 0.29) is 0 Å². The average Bonchev–Trinajstić information content (AvgIpc) is 3.00. The monoisotopic (exact) mass is 363 g/mol. The van der Waals surface area contributed by atoms with Gasteiger partial charge in [0.1, 0.15) is 17.3 Å². The summed E-state index contributed by atoms with van der Waals surface area (Å²) >= 11 is 0. The van der Waals surface area contributed by atoms with Crippen molar-refractivity contribution in [3.05, 3.63) is 41.8 Å². The lowest BCUT2D eigenvalue weighted by atomic mass is 10.3. The summed E-state index contributed by atoms with van der Waals surface area (Å²) in [6.45, 7) is 0. The number of hydrogen-bond acceptors (Lipinski definition) is 6. The molecule has 0 saturated heterocycles. The Labute approximate surface area is 137 Å². The number of hydrogen-bond donors (Lipinski definition) is 1. The van der Waals surface area contributed by atoms with Gasteiger partial charge in [0.05, 0.1) is 17.3 Å². The number of halogens is 3. The van der Waals surface area contributed by atoms with Gasteiger partial charge in [0.2, 0.25) is 0 Å². The van der Waals surface area contributed by atoms with Crippen LogP contribution in [0.1, 0.15) is 4.11 Å². The van der Waals surface area contributed by atoms with Crippen LogP contribution in [-0.2, 0) is 10.0 Å². The first kappa shape index (κ1) is 12.5. The Balaban J connectivity index is 2.09. The number of nitrogens with zero attached hydrogens (tertiary/aromatic N) is 4. The number of ether oxygens (including phenoxy) is 1. The van der Waals surface area contributed by atoms with Crippen LogP contribution < -0.4 is 9.46 Å². The third-order valence-electron chi connectivity index (χ3n) is 2.80. The summed E-state index contributed by atoms with van der Waals surface area (Å²) in [5.74, 6) is -3.55. The van der Waals surface area contributed by atoms with Gasteiger partial charge in [-0.15, -0.1) is 5.10 Å². The zero-order valence-corrected chi connectivity index (χ0v) is 12.2. The van der Waals surface area contributed by atoms with Crippen LogP contribution in [0.3, 0.4) is 0 Å². The Morgan fingerprint density at radius 3 is 2.62 bits per heavy atom. The first-order valence-corrected chi connectivity index (χ1v) is 7.53. The number of methoxy groups -OCH3 is 1. The van der Waals surface area contributed by atoms with Crippen molar-refractivity contribution in [2.45, 2.75) is 5.16 Å². The van der Waals surface area contributed by atoms with Crippen molar-refractivity contribution in [3.8, 4) is 6.01 Å². The van der Waals surface area contributed by atoms with E-state index in [1.807, 2.05) is 0 Å². The molecule has 0 spiro atoms. The summed E-state index contributed by atoms with van der Waals surface area (Å²) < 4.78 is 93.3. The minimum Gasteiger partial charge on any atom is -0.467 e. The Morgan fingerprint density at radius 2 is 1.96 bits per heavy atom. The van der Waals surface area contributed by atoms with Crippen molar-refractivity contribution < 1.29 is 30.4 Å². The molecule has 0 bridgehead atoms. The predicted octanol–water partition coefficient (Wildman–Crippen LogP) is 1.35. The largest absolute Gasteiger partial charge is 0.467 e. The number of anilines is 1. The second-order valence-electron chi connectivity index (χ2n) is 4.32. The van der Waals surface area contributed by atoms with Gasteiger partial charge in [-0.05, 0) is 12.1 Å². The van der Waals surface area contributed by atoms with Crippen LogP contribution in [0.25, 0.3) is 5.65 Å². The fourth-order valence-corrected chi connectivity index (χ4v) is 2.72. The van der Waals surface area contributed by atoms with Crippen LogP contribution in [0.2, 0.25) is 0 Å². The average molecular weight is 363 g/mol. The molecule has 0 aliphatic rings. The van der Waals surface area contributed by atoms with E-state index in [0.717, 1.165) is 18.2 Å². The van der Waals surface area contributed by atoms with Crippen molar-refractivity contribution in [1.29, 1.82) is 0 Å². The minimum atomic E-state index is -4.76. The van der Waals surface area contributed by atoms with Crippen LogP contribution >= 0.6 is 0 Å². The molecule has 2 aromatic heterocycles. The van der Waals surface area contributed by atoms with Crippen LogP contribution in [-0.4, -0.2) is 35.0 Å². The molecule has 0 aliphatic carbocycles. The van der Waals surface area contributed by atoms with Crippen LogP contribution in [0.15, 0.2) is 29.6 Å². The van der Waals surface area contributed by atoms with Crippen LogP contribution in [0, 0.1) is 17.5 Å². The highest BCUT2D eigenvalue weighted by Gasteiger charge is 2.26. The van der Waals surface area contributed by atoms with E-state index >= 15 is 0 Å². The van der Waals surface area contributed by atoms with Crippen molar-refractivity contribution in [2.75, 3.05) is 11.8 Å². The summed E-state index contributed by atoms with van der Waals surface area (Å²) in [4.78, 5) is 6.78. The van der Waals surface area contributed by atoms with Crippen molar-refractivity contribution in [3.63, 3.8) is 0 Å². The second kappa shape index (κ2) is 5.63. The fourth-order valence-electron chi connectivity index (χ4n) is 1.76. The fraction of sp³-hybridized carbons (Fsp3) is 0.0833. The molecular formula is C12H8F3N5O3S. The van der Waals surface area contributed by atoms with Crippen molar-refractivity contribution in [2.24, 2.45) is 0 Å². The maximum Gasteiger partial charge on any atom is 0.319 e. The molecule has 3 aromatic rings. The third kappa shape index (κ3) is 2.60. The molecule has 0 aliphatic heterocycles. The third-order valence-corrected chi connectivity index (χ3v) is 3.93. The van der Waals surface area contributed by atoms with Gasteiger partial charge >= 0.3 is 6.01 Å². The summed E-state index contributed by atoms with van der Waals surface area (Å²) in [7, 11) is -7.75. The van der Waals surface area contributed by atoms with Gasteiger partial charge in [-0.25, -0.2) is 18.2 Å². The van der Waals surface area contributed by atoms with Gasteiger partial charge in [-0.2, -0.15) is 17.9 Å². The molecule has 1 N–H and O–H groups in total. The Hall–Kier alpha value is -2.89. The van der Waals surface area contributed by atoms with E-state index in [1.165, 1.54) is 0 Å². The highest BCUT2D eigenvalue weighted by molar-refractivity contribution is 7.92. The highest BCUT2D eigenvalue weighted by Crippen LogP contribution is 2.22. The van der Waals surface area contributed by atoms with Gasteiger partial charge in [-0.3, -0.25) is 4.72 Å². The normalized spacial score (nSPS) is 14.0. The molecular weight excluding hydrogens is 352 g/mol. The first-order chi connectivity index (χ1) is 12.5. The smallest absolute Gasteiger partial charge is 0.319 e. The Morgan fingerprint density at radius 1 is 1.25 bits per heavy atom. The van der Waals surface area contributed by atoms with Gasteiger partial charge < -0.3 is 4.74 Å². The van der Waals surface area contributed by atoms with E-state index in [4.69, 9.17) is 4.11 Å². The topological polar surface area (TPSA) is 98.5 Å². The molecule has 126 valence electrons. The molecule has 1 aromatic carbocycles. The molecule has 24 heavy (non-hydrogen) atoms. The van der Waals surface area contributed by atoms with E-state index in [0.29, 0.717) is 10.7 Å². The molecule has 0 amide bonds. The lowest BCUT2D eigenvalue weighted by molar-refractivity contribution is 0.363. The molecule has 0 saturated carbocycles. The standard InChI is InChI=1S/C12H8F3N5O3S/c1-23-12-16-5-8(15)10-17-11(18-20(10)12)24(21,22)19-9-6(13)3-2-4-7(9)14/h2-5,19H,1H3/i1+1D3. The number of rotatable bonds is 4. The van der Waals surface area contributed by atoms with E-state index in [2.05, 4.69) is 19.8 Å². The predicted molar refractivity (Wildman–Crippen MR) is 74.5 cm³/mol. The van der Waals surface area contributed by atoms with E-state index in [9.17, 15) is 21.6 Å². The van der Waals surface area contributed by atoms with Gasteiger partial charge in [0, 0.05) is 0 Å². The lowest BCUT2D eigenvalue weighted by Gasteiger charge is -2.06. The molecule has 12 heteroatoms. The van der Waals surface area contributed by atoms with Crippen molar-refractivity contribution in [1.82, 2.24) is 19.6 Å². The first-order valence-electron chi connectivity index (χ1n) is 7.55. The number of benzene rings is 1. The second-order valence-corrected chi connectivity index (χ2v) is 5.90. The molecule has 3 rings (SSSR count). The van der Waals surface area contributed by atoms with Gasteiger partial charge in [0.25, 0.3) is 15.2 Å². The number of nitrogens with one attached hydrogen (secondary N) is 1. The van der Waals surface area contributed by atoms with Gasteiger partial charge in [-0.1, -0.05) is 6.07 Å². The van der Waals surface area contributed by atoms with Gasteiger partial charge in [0.15, 0.2) is 11.5 Å². The van der Waals surface area contributed by atoms with Crippen molar-refractivity contribution >= 4 is 21.4 Å². The number of fused-ring (bicyclic) bond motifs is 1. The van der Waals surface area contributed by atoms with Crippen LogP contribution in [0.5, 0.6) is 6.01 Å². The number of para-hydroxylation sites is 1. The summed E-state index contributed by atoms with van der Waals surface area (Å²) in [6, 6.07) is 1.87. The molecule has 0 radical (unpaired) electrons. The molecule has 8 nitrogen and oxygen atoms in total. The quantitative estimate of drug-likeness (QED) is 0.703. The maximum absolute atomic E-state index is 13.8. The zero-order valence-electron chi connectivity index (χ0n) is 14.4. The van der Waals surface area contributed by atoms with Crippen LogP contribution in [0.4, 0.5) is 18.9 Å². The Bertz CT molecular complexity index is 1120. The minimum absolute atomic E-state index is 0.397. The molecule has 2 heterocycles. The van der Waals surface area contributed by atoms with E-state index < -0.39 is 57.0 Å². The summed E-state index contributed by atoms with van der Waals surface area (Å²) in [6.07, 6.45) is 0.547. The number of sulfonamides is 1. The highest BCUT2D eigenvalue weighted by atomic mass is 32.2. The molecule has 0 unspecified atom stereocenters.